The number of likely N-dealkylation sites (tertiary alicyclic amines) is 1. The van der Waals surface area contributed by atoms with E-state index in [9.17, 15) is 5.11 Å². The van der Waals surface area contributed by atoms with Crippen LogP contribution >= 0.6 is 0 Å². The lowest BCUT2D eigenvalue weighted by Gasteiger charge is -2.42. The van der Waals surface area contributed by atoms with E-state index in [4.69, 9.17) is 0 Å². The standard InChI is InChI=1S/C27H39N3O/c1-4-17-29(18-5-2)21-24-14-11-15-25(20-24)27(31)30(22-23-12-7-6-8-13-23)26-16-9-10-19-28(26)3/h6-8,11-15,20,26-27,31H,4-5,9-10,16-19,21H2,1-3H3. The number of piperidine rings is 1. The third kappa shape index (κ3) is 6.88. The molecule has 2 unspecified atom stereocenters. The van der Waals surface area contributed by atoms with E-state index in [1.165, 1.54) is 18.4 Å². The van der Waals surface area contributed by atoms with Gasteiger partial charge in [-0.1, -0.05) is 68.4 Å². The Balaban J connectivity index is 1.82. The Morgan fingerprint density at radius 2 is 1.77 bits per heavy atom. The zero-order valence-electron chi connectivity index (χ0n) is 19.5. The number of aliphatic hydroxyl groups is 1. The van der Waals surface area contributed by atoms with Gasteiger partial charge >= 0.3 is 0 Å². The van der Waals surface area contributed by atoms with E-state index in [1.807, 2.05) is 41.3 Å². The van der Waals surface area contributed by atoms with Crippen LogP contribution in [0.5, 0.6) is 0 Å². The van der Waals surface area contributed by atoms with Crippen molar-refractivity contribution in [3.05, 3.63) is 77.8 Å². The molecular weight excluding hydrogens is 382 g/mol. The predicted molar refractivity (Wildman–Crippen MR) is 128 cm³/mol. The Hall–Kier alpha value is -1.72. The van der Waals surface area contributed by atoms with Gasteiger partial charge in [0.1, 0.15) is 12.8 Å². The quantitative estimate of drug-likeness (QED) is 0.402. The van der Waals surface area contributed by atoms with Gasteiger partial charge in [0.05, 0.1) is 6.17 Å². The molecule has 2 atom stereocenters. The van der Waals surface area contributed by atoms with Crippen molar-refractivity contribution in [2.45, 2.75) is 64.9 Å². The van der Waals surface area contributed by atoms with Crippen LogP contribution in [-0.4, -0.2) is 52.7 Å². The van der Waals surface area contributed by atoms with Crippen LogP contribution in [0.1, 0.15) is 68.9 Å². The Bertz CT molecular complexity index is 760. The Morgan fingerprint density at radius 1 is 1.03 bits per heavy atom. The van der Waals surface area contributed by atoms with Gasteiger partial charge in [0.15, 0.2) is 0 Å². The molecule has 1 fully saturated rings. The molecule has 3 rings (SSSR count). The monoisotopic (exact) mass is 421 g/mol. The first kappa shape index (κ1) is 23.9. The van der Waals surface area contributed by atoms with E-state index in [2.05, 4.69) is 55.4 Å². The zero-order chi connectivity index (χ0) is 22.1. The van der Waals surface area contributed by atoms with Crippen LogP contribution in [-0.2, 0) is 6.54 Å². The highest BCUT2D eigenvalue weighted by atomic mass is 16.3. The SMILES string of the molecule is CCCN(CCC)Cc1cccc(C(O)N([C]c2ccccc2)C2CCCCN2C)c1. The normalized spacial score (nSPS) is 18.6. The summed E-state index contributed by atoms with van der Waals surface area (Å²) in [7, 11) is 2.15. The summed E-state index contributed by atoms with van der Waals surface area (Å²) >= 11 is 0. The molecular formula is C27H39N3O. The smallest absolute Gasteiger partial charge is 0.135 e. The highest BCUT2D eigenvalue weighted by Crippen LogP contribution is 2.30. The van der Waals surface area contributed by atoms with Crippen molar-refractivity contribution in [3.8, 4) is 0 Å². The molecule has 2 radical (unpaired) electrons. The first-order chi connectivity index (χ1) is 15.1. The largest absolute Gasteiger partial charge is 0.374 e. The molecule has 1 heterocycles. The highest BCUT2D eigenvalue weighted by Gasteiger charge is 2.31. The third-order valence-corrected chi connectivity index (χ3v) is 6.08. The molecule has 0 saturated carbocycles. The second-order valence-corrected chi connectivity index (χ2v) is 8.74. The average molecular weight is 422 g/mol. The fourth-order valence-electron chi connectivity index (χ4n) is 4.54. The minimum Gasteiger partial charge on any atom is -0.374 e. The van der Waals surface area contributed by atoms with Gasteiger partial charge in [-0.3, -0.25) is 9.80 Å². The van der Waals surface area contributed by atoms with Crippen molar-refractivity contribution in [2.75, 3.05) is 26.7 Å². The average Bonchev–Trinajstić information content (AvgIpc) is 2.79. The summed E-state index contributed by atoms with van der Waals surface area (Å²) in [6.45, 7) is 12.2. The maximum Gasteiger partial charge on any atom is 0.135 e. The summed E-state index contributed by atoms with van der Waals surface area (Å²) < 4.78 is 0. The van der Waals surface area contributed by atoms with Crippen LogP contribution in [0.3, 0.4) is 0 Å². The van der Waals surface area contributed by atoms with Gasteiger partial charge < -0.3 is 5.11 Å². The van der Waals surface area contributed by atoms with Gasteiger partial charge in [0, 0.05) is 6.54 Å². The summed E-state index contributed by atoms with van der Waals surface area (Å²) in [5.41, 5.74) is 3.19. The maximum absolute atomic E-state index is 11.5. The van der Waals surface area contributed by atoms with Crippen molar-refractivity contribution < 1.29 is 5.11 Å². The van der Waals surface area contributed by atoms with Crippen molar-refractivity contribution >= 4 is 0 Å². The Kier molecular flexibility index (Phi) is 9.54. The summed E-state index contributed by atoms with van der Waals surface area (Å²) in [4.78, 5) is 6.88. The van der Waals surface area contributed by atoms with Crippen LogP contribution < -0.4 is 0 Å². The third-order valence-electron chi connectivity index (χ3n) is 6.08. The van der Waals surface area contributed by atoms with Crippen molar-refractivity contribution in [1.29, 1.82) is 0 Å². The molecule has 1 N–H and O–H groups in total. The van der Waals surface area contributed by atoms with Gasteiger partial charge in [0.2, 0.25) is 0 Å². The topological polar surface area (TPSA) is 30.0 Å². The summed E-state index contributed by atoms with van der Waals surface area (Å²) in [5.74, 6) is 0. The molecule has 0 aromatic heterocycles. The minimum atomic E-state index is -0.725. The molecule has 1 saturated heterocycles. The van der Waals surface area contributed by atoms with Gasteiger partial charge in [0.25, 0.3) is 0 Å². The molecule has 168 valence electrons. The maximum atomic E-state index is 11.5. The molecule has 4 nitrogen and oxygen atoms in total. The molecule has 4 heteroatoms. The van der Waals surface area contributed by atoms with E-state index in [1.54, 1.807) is 0 Å². The molecule has 2 aromatic carbocycles. The van der Waals surface area contributed by atoms with E-state index < -0.39 is 6.23 Å². The molecule has 1 aliphatic rings. The number of hydrogen-bond acceptors (Lipinski definition) is 4. The van der Waals surface area contributed by atoms with Crippen LogP contribution in [0.25, 0.3) is 0 Å². The van der Waals surface area contributed by atoms with Crippen LogP contribution in [0.15, 0.2) is 54.6 Å². The van der Waals surface area contributed by atoms with E-state index in [0.29, 0.717) is 0 Å². The highest BCUT2D eigenvalue weighted by molar-refractivity contribution is 5.27. The second-order valence-electron chi connectivity index (χ2n) is 8.74. The van der Waals surface area contributed by atoms with E-state index in [-0.39, 0.29) is 6.17 Å². The summed E-state index contributed by atoms with van der Waals surface area (Å²) in [6, 6.07) is 18.6. The van der Waals surface area contributed by atoms with Crippen LogP contribution in [0.2, 0.25) is 0 Å². The molecule has 31 heavy (non-hydrogen) atoms. The number of nitrogens with zero attached hydrogens (tertiary/aromatic N) is 3. The van der Waals surface area contributed by atoms with E-state index in [0.717, 1.165) is 56.6 Å². The van der Waals surface area contributed by atoms with Gasteiger partial charge in [-0.05, 0) is 75.5 Å². The molecule has 1 aliphatic heterocycles. The molecule has 0 bridgehead atoms. The number of benzene rings is 2. The lowest BCUT2D eigenvalue weighted by Crippen LogP contribution is -2.49. The van der Waals surface area contributed by atoms with Crippen LogP contribution in [0.4, 0.5) is 0 Å². The first-order valence-electron chi connectivity index (χ1n) is 11.9. The lowest BCUT2D eigenvalue weighted by molar-refractivity contribution is -0.0624. The number of rotatable bonds is 11. The fourth-order valence-corrected chi connectivity index (χ4v) is 4.54. The van der Waals surface area contributed by atoms with Crippen LogP contribution in [0, 0.1) is 6.54 Å². The molecule has 0 amide bonds. The predicted octanol–water partition coefficient (Wildman–Crippen LogP) is 5.13. The van der Waals surface area contributed by atoms with Gasteiger partial charge in [-0.15, -0.1) is 0 Å². The fraction of sp³-hybridized carbons (Fsp3) is 0.519. The molecule has 0 spiro atoms. The van der Waals surface area contributed by atoms with Gasteiger partial charge in [-0.2, -0.15) is 0 Å². The van der Waals surface area contributed by atoms with Gasteiger partial charge in [-0.25, -0.2) is 4.90 Å². The van der Waals surface area contributed by atoms with Crippen molar-refractivity contribution in [1.82, 2.24) is 14.7 Å². The lowest BCUT2D eigenvalue weighted by atomic mass is 10.0. The van der Waals surface area contributed by atoms with E-state index >= 15 is 0 Å². The molecule has 2 aromatic rings. The number of aliphatic hydroxyl groups excluding tert-OH is 1. The first-order valence-corrected chi connectivity index (χ1v) is 11.9. The minimum absolute atomic E-state index is 0.143. The summed E-state index contributed by atoms with van der Waals surface area (Å²) in [6.07, 6.45) is 5.16. The van der Waals surface area contributed by atoms with Crippen molar-refractivity contribution in [3.63, 3.8) is 0 Å². The number of hydrogen-bond donors (Lipinski definition) is 1. The Morgan fingerprint density at radius 3 is 2.45 bits per heavy atom. The molecule has 0 aliphatic carbocycles. The van der Waals surface area contributed by atoms with Crippen molar-refractivity contribution in [2.24, 2.45) is 0 Å². The Labute approximate surface area is 189 Å². The summed E-state index contributed by atoms with van der Waals surface area (Å²) in [5, 5.41) is 11.5. The second kappa shape index (κ2) is 12.4. The zero-order valence-corrected chi connectivity index (χ0v) is 19.5.